The lowest BCUT2D eigenvalue weighted by Gasteiger charge is -2.37. The summed E-state index contributed by atoms with van der Waals surface area (Å²) in [6.45, 7) is 1.31. The molecule has 1 aliphatic heterocycles. The number of anilines is 1. The van der Waals surface area contributed by atoms with Crippen molar-refractivity contribution in [2.45, 2.75) is 17.1 Å². The van der Waals surface area contributed by atoms with Gasteiger partial charge in [0.2, 0.25) is 5.13 Å². The zero-order valence-electron chi connectivity index (χ0n) is 19.3. The van der Waals surface area contributed by atoms with Gasteiger partial charge in [0.25, 0.3) is 10.0 Å². The Balaban J connectivity index is 1.53. The molecule has 0 aliphatic carbocycles. The molecule has 4 aromatic rings. The van der Waals surface area contributed by atoms with Gasteiger partial charge in [0.15, 0.2) is 0 Å². The van der Waals surface area contributed by atoms with Crippen molar-refractivity contribution in [3.63, 3.8) is 0 Å². The van der Waals surface area contributed by atoms with Gasteiger partial charge in [0, 0.05) is 30.9 Å². The van der Waals surface area contributed by atoms with Crippen LogP contribution >= 0.6 is 22.9 Å². The molecule has 38 heavy (non-hydrogen) atoms. The monoisotopic (exact) mass is 588 g/mol. The maximum absolute atomic E-state index is 15.0. The van der Waals surface area contributed by atoms with E-state index < -0.39 is 32.5 Å². The lowest BCUT2D eigenvalue weighted by molar-refractivity contribution is -0.137. The van der Waals surface area contributed by atoms with E-state index in [0.29, 0.717) is 18.8 Å². The number of aromatic nitrogens is 4. The number of nitrogens with one attached hydrogen (secondary N) is 1. The number of likely N-dealkylation sites (N-methyl/N-ethyl adjacent to an activating group) is 1. The minimum absolute atomic E-state index is 0.0537. The summed E-state index contributed by atoms with van der Waals surface area (Å²) >= 11 is 7.13. The van der Waals surface area contributed by atoms with Gasteiger partial charge in [-0.1, -0.05) is 22.9 Å². The molecule has 1 N–H and O–H groups in total. The predicted molar refractivity (Wildman–Crippen MR) is 131 cm³/mol. The third-order valence-electron chi connectivity index (χ3n) is 5.72. The average Bonchev–Trinajstić information content (AvgIpc) is 3.50. The Morgan fingerprint density at radius 2 is 1.92 bits per heavy atom. The van der Waals surface area contributed by atoms with Crippen LogP contribution in [0, 0.1) is 5.82 Å². The summed E-state index contributed by atoms with van der Waals surface area (Å²) in [5.41, 5.74) is 0.786. The summed E-state index contributed by atoms with van der Waals surface area (Å²) in [4.78, 5) is 1.25. The van der Waals surface area contributed by atoms with E-state index in [0.717, 1.165) is 41.7 Å². The van der Waals surface area contributed by atoms with E-state index in [4.69, 9.17) is 16.3 Å². The molecule has 0 atom stereocenters. The molecule has 1 fully saturated rings. The number of nitrogens with zero attached hydrogens (tertiary/aromatic N) is 5. The van der Waals surface area contributed by atoms with Gasteiger partial charge >= 0.3 is 6.18 Å². The molecule has 1 aliphatic rings. The van der Waals surface area contributed by atoms with Crippen LogP contribution in [-0.4, -0.2) is 53.4 Å². The summed E-state index contributed by atoms with van der Waals surface area (Å²) in [7, 11) is -2.50. The fraction of sp³-hybridized carbons (Fsp3) is 0.227. The van der Waals surface area contributed by atoms with Crippen LogP contribution in [0.15, 0.2) is 53.0 Å². The Morgan fingerprint density at radius 3 is 2.58 bits per heavy atom. The molecular formula is C22H17ClF4N6O3S2. The standard InChI is InChI=1S/C22H17ClF4N6O3S2/c1-32-9-13(10-32)33-17(4-5-29-33)14-6-12(22(25,26)27)2-3-18(14)36-19-8-16(24)20(7-15(19)23)38(34,35)31-21-30-28-11-37-21/h2-8,11,13H,9-10H2,1H3,(H,30,31). The van der Waals surface area contributed by atoms with Crippen molar-refractivity contribution < 1.29 is 30.7 Å². The third kappa shape index (κ3) is 5.18. The van der Waals surface area contributed by atoms with Crippen molar-refractivity contribution in [3.8, 4) is 22.8 Å². The molecule has 3 heterocycles. The van der Waals surface area contributed by atoms with Crippen LogP contribution in [-0.2, 0) is 16.2 Å². The molecule has 5 rings (SSSR count). The molecule has 0 spiro atoms. The van der Waals surface area contributed by atoms with Gasteiger partial charge in [-0.3, -0.25) is 9.40 Å². The van der Waals surface area contributed by atoms with Crippen molar-refractivity contribution in [2.75, 3.05) is 24.9 Å². The fourth-order valence-corrected chi connectivity index (χ4v) is 5.98. The molecule has 9 nitrogen and oxygen atoms in total. The Hall–Kier alpha value is -3.27. The van der Waals surface area contributed by atoms with Crippen molar-refractivity contribution in [1.29, 1.82) is 0 Å². The molecule has 0 radical (unpaired) electrons. The average molecular weight is 589 g/mol. The zero-order chi connectivity index (χ0) is 27.2. The maximum atomic E-state index is 15.0. The number of hydrogen-bond donors (Lipinski definition) is 1. The van der Waals surface area contributed by atoms with E-state index in [9.17, 15) is 26.0 Å². The molecule has 0 amide bonds. The number of rotatable bonds is 7. The van der Waals surface area contributed by atoms with E-state index in [1.54, 1.807) is 10.7 Å². The molecule has 200 valence electrons. The highest BCUT2D eigenvalue weighted by atomic mass is 35.5. The highest BCUT2D eigenvalue weighted by Gasteiger charge is 2.33. The highest BCUT2D eigenvalue weighted by molar-refractivity contribution is 7.93. The topological polar surface area (TPSA) is 102 Å². The minimum atomic E-state index is -4.63. The Labute approximate surface area is 222 Å². The van der Waals surface area contributed by atoms with E-state index in [1.165, 1.54) is 11.7 Å². The van der Waals surface area contributed by atoms with E-state index in [2.05, 4.69) is 20.0 Å². The SMILES string of the molecule is CN1CC(n2nccc2-c2cc(C(F)(F)F)ccc2Oc2cc(F)c(S(=O)(=O)Nc3nncs3)cc2Cl)C1. The highest BCUT2D eigenvalue weighted by Crippen LogP contribution is 2.42. The number of alkyl halides is 3. The largest absolute Gasteiger partial charge is 0.455 e. The molecule has 2 aromatic heterocycles. The minimum Gasteiger partial charge on any atom is -0.455 e. The molecule has 2 aromatic carbocycles. The van der Waals surface area contributed by atoms with Crippen LogP contribution in [0.2, 0.25) is 5.02 Å². The number of benzene rings is 2. The molecule has 1 saturated heterocycles. The summed E-state index contributed by atoms with van der Waals surface area (Å²) in [5, 5.41) is 11.0. The van der Waals surface area contributed by atoms with Crippen LogP contribution in [0.5, 0.6) is 11.5 Å². The van der Waals surface area contributed by atoms with Crippen LogP contribution in [0.4, 0.5) is 22.7 Å². The van der Waals surface area contributed by atoms with Gasteiger partial charge in [-0.25, -0.2) is 12.8 Å². The van der Waals surface area contributed by atoms with Gasteiger partial charge < -0.3 is 9.64 Å². The van der Waals surface area contributed by atoms with E-state index in [1.807, 2.05) is 11.9 Å². The second-order valence-corrected chi connectivity index (χ2v) is 11.3. The quantitative estimate of drug-likeness (QED) is 0.293. The second-order valence-electron chi connectivity index (χ2n) is 8.41. The smallest absolute Gasteiger partial charge is 0.416 e. The summed E-state index contributed by atoms with van der Waals surface area (Å²) in [5.74, 6) is -1.55. The molecule has 0 saturated carbocycles. The van der Waals surface area contributed by atoms with Crippen molar-refractivity contribution >= 4 is 38.1 Å². The van der Waals surface area contributed by atoms with Crippen molar-refractivity contribution in [3.05, 3.63) is 64.5 Å². The summed E-state index contributed by atoms with van der Waals surface area (Å²) < 4.78 is 90.3. The number of sulfonamides is 1. The van der Waals surface area contributed by atoms with Crippen LogP contribution in [0.25, 0.3) is 11.3 Å². The van der Waals surface area contributed by atoms with Crippen molar-refractivity contribution in [1.82, 2.24) is 24.9 Å². The molecule has 0 bridgehead atoms. The first-order valence-electron chi connectivity index (χ1n) is 10.8. The third-order valence-corrected chi connectivity index (χ3v) is 8.11. The number of likely N-dealkylation sites (tertiary alicyclic amines) is 1. The normalized spacial score (nSPS) is 14.9. The number of halogens is 5. The zero-order valence-corrected chi connectivity index (χ0v) is 21.7. The first-order chi connectivity index (χ1) is 17.9. The molecule has 0 unspecified atom stereocenters. The summed E-state index contributed by atoms with van der Waals surface area (Å²) in [6.07, 6.45) is -3.16. The lowest BCUT2D eigenvalue weighted by atomic mass is 10.0. The van der Waals surface area contributed by atoms with Crippen LogP contribution < -0.4 is 9.46 Å². The second kappa shape index (κ2) is 9.80. The molecule has 16 heteroatoms. The van der Waals surface area contributed by atoms with Gasteiger partial charge in [0.05, 0.1) is 22.3 Å². The predicted octanol–water partition coefficient (Wildman–Crippen LogP) is 5.29. The number of ether oxygens (including phenoxy) is 1. The Kier molecular flexibility index (Phi) is 6.79. The van der Waals surface area contributed by atoms with E-state index in [-0.39, 0.29) is 33.3 Å². The van der Waals surface area contributed by atoms with Crippen molar-refractivity contribution in [2.24, 2.45) is 0 Å². The molecular weight excluding hydrogens is 572 g/mol. The van der Waals surface area contributed by atoms with Gasteiger partial charge in [-0.15, -0.1) is 10.2 Å². The van der Waals surface area contributed by atoms with Gasteiger partial charge in [-0.05, 0) is 37.4 Å². The Bertz CT molecular complexity index is 1590. The van der Waals surface area contributed by atoms with Gasteiger partial charge in [-0.2, -0.15) is 18.3 Å². The van der Waals surface area contributed by atoms with Crippen LogP contribution in [0.3, 0.4) is 0 Å². The van der Waals surface area contributed by atoms with Gasteiger partial charge in [0.1, 0.15) is 27.7 Å². The number of hydrogen-bond acceptors (Lipinski definition) is 8. The Morgan fingerprint density at radius 1 is 1.16 bits per heavy atom. The summed E-state index contributed by atoms with van der Waals surface area (Å²) in [6, 6.07) is 5.92. The van der Waals surface area contributed by atoms with Crippen LogP contribution in [0.1, 0.15) is 11.6 Å². The first kappa shape index (κ1) is 26.3. The fourth-order valence-electron chi connectivity index (χ4n) is 3.94. The lowest BCUT2D eigenvalue weighted by Crippen LogP contribution is -2.45. The maximum Gasteiger partial charge on any atom is 0.416 e. The first-order valence-corrected chi connectivity index (χ1v) is 13.6. The van der Waals surface area contributed by atoms with E-state index >= 15 is 0 Å².